The molecule has 29 heavy (non-hydrogen) atoms. The van der Waals surface area contributed by atoms with Crippen LogP contribution in [0.4, 0.5) is 0 Å². The predicted octanol–water partition coefficient (Wildman–Crippen LogP) is 1.69. The molecule has 10 heteroatoms. The minimum absolute atomic E-state index is 0.526. The molecule has 0 aromatic heterocycles. The molecule has 1 aliphatic rings. The van der Waals surface area contributed by atoms with Gasteiger partial charge in [-0.05, 0) is 63.0 Å². The van der Waals surface area contributed by atoms with Crippen LogP contribution in [0.1, 0.15) is 25.8 Å². The fourth-order valence-electron chi connectivity index (χ4n) is 2.87. The van der Waals surface area contributed by atoms with Gasteiger partial charge in [-0.3, -0.25) is 4.90 Å². The first-order valence-corrected chi connectivity index (χ1v) is 9.98. The molecule has 0 bridgehead atoms. The van der Waals surface area contributed by atoms with Gasteiger partial charge in [0.2, 0.25) is 0 Å². The molecule has 164 valence electrons. The molecule has 0 amide bonds. The Balaban J connectivity index is 0.000000359. The Morgan fingerprint density at radius 2 is 1.62 bits per heavy atom. The highest BCUT2D eigenvalue weighted by molar-refractivity contribution is 6.34. The van der Waals surface area contributed by atoms with Crippen LogP contribution in [0.5, 0.6) is 0 Å². The zero-order valence-electron chi connectivity index (χ0n) is 16.4. The molecule has 0 radical (unpaired) electrons. The topological polar surface area (TPSA) is 130 Å². The molecular formula is C19H28Cl2N2O6. The summed E-state index contributed by atoms with van der Waals surface area (Å²) in [5.74, 6) is -2.78. The first-order valence-electron chi connectivity index (χ1n) is 9.22. The predicted molar refractivity (Wildman–Crippen MR) is 110 cm³/mol. The van der Waals surface area contributed by atoms with Crippen molar-refractivity contribution in [3.05, 3.63) is 33.8 Å². The van der Waals surface area contributed by atoms with Crippen molar-refractivity contribution >= 4 is 35.1 Å². The first-order chi connectivity index (χ1) is 13.5. The van der Waals surface area contributed by atoms with Gasteiger partial charge >= 0.3 is 11.9 Å². The molecule has 1 heterocycles. The smallest absolute Gasteiger partial charge is 0.335 e. The van der Waals surface area contributed by atoms with Crippen LogP contribution in [0.25, 0.3) is 0 Å². The molecule has 1 aliphatic heterocycles. The molecule has 0 aliphatic carbocycles. The molecule has 1 fully saturated rings. The van der Waals surface area contributed by atoms with E-state index in [1.165, 1.54) is 12.0 Å². The number of halogens is 2. The normalized spacial score (nSPS) is 18.3. The van der Waals surface area contributed by atoms with Crippen LogP contribution in [-0.2, 0) is 16.1 Å². The summed E-state index contributed by atoms with van der Waals surface area (Å²) in [6.45, 7) is 8.82. The molecule has 5 N–H and O–H groups in total. The second-order valence-corrected chi connectivity index (χ2v) is 8.10. The number of aliphatic carboxylic acids is 2. The number of nitrogens with zero attached hydrogens (tertiary/aromatic N) is 1. The van der Waals surface area contributed by atoms with Crippen LogP contribution in [0.15, 0.2) is 18.2 Å². The van der Waals surface area contributed by atoms with Crippen LogP contribution < -0.4 is 5.32 Å². The van der Waals surface area contributed by atoms with Gasteiger partial charge in [0.05, 0.1) is 0 Å². The van der Waals surface area contributed by atoms with E-state index < -0.39 is 24.1 Å². The Morgan fingerprint density at radius 3 is 2.00 bits per heavy atom. The maximum Gasteiger partial charge on any atom is 0.335 e. The van der Waals surface area contributed by atoms with Gasteiger partial charge in [-0.2, -0.15) is 0 Å². The lowest BCUT2D eigenvalue weighted by Gasteiger charge is -2.29. The molecule has 2 rings (SSSR count). The van der Waals surface area contributed by atoms with Crippen molar-refractivity contribution in [1.29, 1.82) is 0 Å². The molecule has 8 nitrogen and oxygen atoms in total. The van der Waals surface area contributed by atoms with Crippen LogP contribution >= 0.6 is 23.2 Å². The van der Waals surface area contributed by atoms with E-state index in [-0.39, 0.29) is 0 Å². The van der Waals surface area contributed by atoms with Gasteiger partial charge in [0.15, 0.2) is 12.2 Å². The lowest BCUT2D eigenvalue weighted by molar-refractivity contribution is -0.165. The summed E-state index contributed by atoms with van der Waals surface area (Å²) in [4.78, 5) is 22.0. The minimum atomic E-state index is -2.27. The van der Waals surface area contributed by atoms with Gasteiger partial charge in [-0.1, -0.05) is 23.2 Å². The van der Waals surface area contributed by atoms with Crippen LogP contribution in [-0.4, -0.2) is 75.1 Å². The first kappa shape index (κ1) is 25.6. The van der Waals surface area contributed by atoms with Crippen LogP contribution in [0.3, 0.4) is 0 Å². The number of carboxylic acid groups (broad SMARTS) is 2. The van der Waals surface area contributed by atoms with E-state index in [0.717, 1.165) is 32.1 Å². The van der Waals surface area contributed by atoms with Gasteiger partial charge in [0, 0.05) is 29.2 Å². The van der Waals surface area contributed by atoms with Crippen molar-refractivity contribution in [3.8, 4) is 0 Å². The molecule has 0 saturated carbocycles. The Hall–Kier alpha value is -1.42. The highest BCUT2D eigenvalue weighted by Crippen LogP contribution is 2.22. The zero-order valence-corrected chi connectivity index (χ0v) is 17.9. The third kappa shape index (κ3) is 9.29. The highest BCUT2D eigenvalue weighted by Gasteiger charge is 2.29. The largest absolute Gasteiger partial charge is 0.479 e. The van der Waals surface area contributed by atoms with E-state index in [2.05, 4.69) is 24.1 Å². The van der Waals surface area contributed by atoms with Gasteiger partial charge in [-0.25, -0.2) is 9.59 Å². The number of nitrogens with one attached hydrogen (secondary N) is 1. The summed E-state index contributed by atoms with van der Waals surface area (Å²) in [7, 11) is 0. The Morgan fingerprint density at radius 1 is 1.10 bits per heavy atom. The van der Waals surface area contributed by atoms with Crippen molar-refractivity contribution in [2.24, 2.45) is 5.92 Å². The summed E-state index contributed by atoms with van der Waals surface area (Å²) in [6.07, 6.45) is -3.26. The molecule has 0 spiro atoms. The average Bonchev–Trinajstić information content (AvgIpc) is 3.12. The quantitative estimate of drug-likeness (QED) is 0.404. The number of aliphatic hydroxyl groups excluding tert-OH is 2. The van der Waals surface area contributed by atoms with E-state index in [9.17, 15) is 9.59 Å². The monoisotopic (exact) mass is 450 g/mol. The van der Waals surface area contributed by atoms with Crippen LogP contribution in [0, 0.1) is 5.92 Å². The summed E-state index contributed by atoms with van der Waals surface area (Å²) in [5, 5.41) is 37.4. The van der Waals surface area contributed by atoms with E-state index in [1.807, 2.05) is 12.1 Å². The summed E-state index contributed by atoms with van der Waals surface area (Å²) >= 11 is 12.1. The minimum Gasteiger partial charge on any atom is -0.479 e. The Bertz CT molecular complexity index is 644. The summed E-state index contributed by atoms with van der Waals surface area (Å²) < 4.78 is 0. The maximum atomic E-state index is 9.77. The molecule has 1 saturated heterocycles. The van der Waals surface area contributed by atoms with E-state index in [4.69, 9.17) is 43.6 Å². The maximum absolute atomic E-state index is 9.77. The van der Waals surface area contributed by atoms with E-state index in [0.29, 0.717) is 16.1 Å². The van der Waals surface area contributed by atoms with Crippen molar-refractivity contribution in [3.63, 3.8) is 0 Å². The van der Waals surface area contributed by atoms with E-state index in [1.54, 1.807) is 6.07 Å². The van der Waals surface area contributed by atoms with Crippen molar-refractivity contribution in [1.82, 2.24) is 10.2 Å². The third-order valence-electron chi connectivity index (χ3n) is 4.50. The number of benzene rings is 1. The molecular weight excluding hydrogens is 423 g/mol. The number of aliphatic hydroxyl groups is 2. The zero-order chi connectivity index (χ0) is 22.1. The summed E-state index contributed by atoms with van der Waals surface area (Å²) in [5.41, 5.74) is 1.19. The number of hydrogen-bond acceptors (Lipinski definition) is 6. The molecule has 1 aromatic carbocycles. The fourth-order valence-corrected chi connectivity index (χ4v) is 3.44. The SMILES string of the molecule is CC(C)N(Cc1cc(Cl)cc(Cl)c1)C[C@@H]1CCNC1.O=C(O)[C@H](O)[C@@H](O)C(=O)O. The van der Waals surface area contributed by atoms with Gasteiger partial charge in [-0.15, -0.1) is 0 Å². The lowest BCUT2D eigenvalue weighted by Crippen LogP contribution is -2.39. The molecule has 1 aromatic rings. The Labute approximate surface area is 180 Å². The van der Waals surface area contributed by atoms with Gasteiger partial charge < -0.3 is 25.7 Å². The van der Waals surface area contributed by atoms with E-state index >= 15 is 0 Å². The molecule has 0 unspecified atom stereocenters. The standard InChI is InChI=1S/C15H22Cl2N2.C4H6O6/c1-11(2)19(9-12-3-4-18-8-12)10-13-5-14(16)7-15(17)6-13;5-1(3(7)8)2(6)4(9)10/h5-7,11-12,18H,3-4,8-10H2,1-2H3;1-2,5-6H,(H,7,8)(H,9,10)/t12-;1-,2-/m11/s1. The number of rotatable bonds is 8. The number of carbonyl (C=O) groups is 2. The highest BCUT2D eigenvalue weighted by atomic mass is 35.5. The third-order valence-corrected chi connectivity index (χ3v) is 4.93. The second kappa shape index (κ2) is 12.3. The average molecular weight is 451 g/mol. The van der Waals surface area contributed by atoms with Crippen molar-refractivity contribution in [2.45, 2.75) is 45.1 Å². The fraction of sp³-hybridized carbons (Fsp3) is 0.579. The number of hydrogen-bond donors (Lipinski definition) is 5. The molecule has 3 atom stereocenters. The Kier molecular flexibility index (Phi) is 10.9. The van der Waals surface area contributed by atoms with Crippen LogP contribution in [0.2, 0.25) is 10.0 Å². The lowest BCUT2D eigenvalue weighted by atomic mass is 10.1. The number of carboxylic acids is 2. The summed E-state index contributed by atoms with van der Waals surface area (Å²) in [6, 6.07) is 6.33. The van der Waals surface area contributed by atoms with Crippen molar-refractivity contribution < 1.29 is 30.0 Å². The van der Waals surface area contributed by atoms with Crippen molar-refractivity contribution in [2.75, 3.05) is 19.6 Å². The second-order valence-electron chi connectivity index (χ2n) is 7.23. The van der Waals surface area contributed by atoms with Gasteiger partial charge in [0.1, 0.15) is 0 Å². The van der Waals surface area contributed by atoms with Gasteiger partial charge in [0.25, 0.3) is 0 Å².